The summed E-state index contributed by atoms with van der Waals surface area (Å²) in [5.74, 6) is 5.90. The molecule has 1 saturated heterocycles. The standard InChI is InChI=1S/C27H45NO/c1-17(2)8-7-9-18(3)20-10-11-21-25-19(4)16-23-27(6,15-13-24(29)28-23)22(25)12-14-26(20,21)5/h16-22,25H,7-15H2,1-6H3,(H,28,29)/t18?,19-,20+,21?,22?,25?,26+,27+/m0/s1. The maximum absolute atomic E-state index is 12.1. The van der Waals surface area contributed by atoms with Gasteiger partial charge in [0.25, 0.3) is 0 Å². The summed E-state index contributed by atoms with van der Waals surface area (Å²) >= 11 is 0. The lowest BCUT2D eigenvalue weighted by Crippen LogP contribution is -2.55. The predicted molar refractivity (Wildman–Crippen MR) is 121 cm³/mol. The van der Waals surface area contributed by atoms with Gasteiger partial charge in [-0.25, -0.2) is 0 Å². The third kappa shape index (κ3) is 3.51. The van der Waals surface area contributed by atoms with Gasteiger partial charge in [-0.05, 0) is 78.9 Å². The molecule has 29 heavy (non-hydrogen) atoms. The number of nitrogens with one attached hydrogen (secondary N) is 1. The van der Waals surface area contributed by atoms with Crippen molar-refractivity contribution in [2.75, 3.05) is 0 Å². The van der Waals surface area contributed by atoms with Gasteiger partial charge in [0.2, 0.25) is 5.91 Å². The van der Waals surface area contributed by atoms with E-state index in [0.29, 0.717) is 17.8 Å². The molecule has 0 spiro atoms. The SMILES string of the molecule is CC(C)CCCC(C)[C@H]1CCC2C3C(CC[C@@]21C)[C@@]1(C)CCC(=O)NC1=C[C@@H]3C. The van der Waals surface area contributed by atoms with Crippen LogP contribution in [-0.4, -0.2) is 5.91 Å². The summed E-state index contributed by atoms with van der Waals surface area (Å²) in [5, 5.41) is 3.27. The van der Waals surface area contributed by atoms with Crippen LogP contribution in [0.15, 0.2) is 11.8 Å². The molecule has 2 nitrogen and oxygen atoms in total. The van der Waals surface area contributed by atoms with Gasteiger partial charge in [0, 0.05) is 17.5 Å². The van der Waals surface area contributed by atoms with Crippen LogP contribution in [0.5, 0.6) is 0 Å². The molecule has 4 unspecified atom stereocenters. The molecule has 3 aliphatic carbocycles. The zero-order valence-electron chi connectivity index (χ0n) is 19.9. The number of hydrogen-bond acceptors (Lipinski definition) is 1. The van der Waals surface area contributed by atoms with E-state index in [1.54, 1.807) is 0 Å². The fourth-order valence-corrected chi connectivity index (χ4v) is 8.55. The van der Waals surface area contributed by atoms with Crippen LogP contribution >= 0.6 is 0 Å². The first kappa shape index (κ1) is 21.4. The second kappa shape index (κ2) is 7.72. The third-order valence-corrected chi connectivity index (χ3v) is 10.1. The Balaban J connectivity index is 1.54. The molecular formula is C27H45NO. The molecule has 1 heterocycles. The molecular weight excluding hydrogens is 354 g/mol. The van der Waals surface area contributed by atoms with Crippen molar-refractivity contribution in [2.24, 2.45) is 52.3 Å². The number of rotatable bonds is 5. The zero-order valence-corrected chi connectivity index (χ0v) is 19.9. The van der Waals surface area contributed by atoms with Gasteiger partial charge in [-0.3, -0.25) is 4.79 Å². The van der Waals surface area contributed by atoms with E-state index in [1.807, 2.05) is 0 Å². The molecule has 0 aromatic carbocycles. The highest BCUT2D eigenvalue weighted by molar-refractivity contribution is 5.79. The van der Waals surface area contributed by atoms with E-state index in [-0.39, 0.29) is 11.3 Å². The second-order valence-electron chi connectivity index (χ2n) is 12.2. The Morgan fingerprint density at radius 1 is 1.07 bits per heavy atom. The van der Waals surface area contributed by atoms with Gasteiger partial charge < -0.3 is 5.32 Å². The molecule has 164 valence electrons. The zero-order chi connectivity index (χ0) is 21.0. The van der Waals surface area contributed by atoms with Gasteiger partial charge in [0.1, 0.15) is 0 Å². The van der Waals surface area contributed by atoms with Crippen LogP contribution in [0.25, 0.3) is 0 Å². The number of carbonyl (C=O) groups is 1. The highest BCUT2D eigenvalue weighted by atomic mass is 16.1. The molecule has 1 aliphatic heterocycles. The van der Waals surface area contributed by atoms with Crippen LogP contribution < -0.4 is 5.32 Å². The lowest BCUT2D eigenvalue weighted by molar-refractivity contribution is -0.126. The first-order chi connectivity index (χ1) is 13.7. The number of allylic oxidation sites excluding steroid dienone is 2. The molecule has 0 bridgehead atoms. The van der Waals surface area contributed by atoms with Crippen molar-refractivity contribution in [3.63, 3.8) is 0 Å². The highest BCUT2D eigenvalue weighted by Crippen LogP contribution is 2.67. The predicted octanol–water partition coefficient (Wildman–Crippen LogP) is 6.96. The van der Waals surface area contributed by atoms with Crippen LogP contribution in [-0.2, 0) is 4.79 Å². The van der Waals surface area contributed by atoms with Gasteiger partial charge >= 0.3 is 0 Å². The summed E-state index contributed by atoms with van der Waals surface area (Å²) in [5.41, 5.74) is 2.00. The van der Waals surface area contributed by atoms with Crippen molar-refractivity contribution in [3.05, 3.63) is 11.8 Å². The van der Waals surface area contributed by atoms with Crippen molar-refractivity contribution in [1.82, 2.24) is 5.32 Å². The molecule has 2 heteroatoms. The number of amides is 1. The molecule has 2 saturated carbocycles. The van der Waals surface area contributed by atoms with E-state index < -0.39 is 0 Å². The maximum atomic E-state index is 12.1. The Labute approximate surface area is 179 Å². The fourth-order valence-electron chi connectivity index (χ4n) is 8.55. The monoisotopic (exact) mass is 399 g/mol. The minimum atomic E-state index is 0.202. The average molecular weight is 400 g/mol. The van der Waals surface area contributed by atoms with Crippen LogP contribution in [0, 0.1) is 52.3 Å². The molecule has 1 amide bonds. The highest BCUT2D eigenvalue weighted by Gasteiger charge is 2.60. The first-order valence-corrected chi connectivity index (χ1v) is 12.7. The first-order valence-electron chi connectivity index (χ1n) is 12.7. The number of piperidine rings is 1. The lowest BCUT2D eigenvalue weighted by Gasteiger charge is -2.59. The Morgan fingerprint density at radius 2 is 1.83 bits per heavy atom. The van der Waals surface area contributed by atoms with E-state index in [1.165, 1.54) is 50.6 Å². The van der Waals surface area contributed by atoms with E-state index in [4.69, 9.17) is 0 Å². The van der Waals surface area contributed by atoms with Crippen LogP contribution in [0.2, 0.25) is 0 Å². The van der Waals surface area contributed by atoms with E-state index in [9.17, 15) is 4.79 Å². The maximum Gasteiger partial charge on any atom is 0.224 e. The largest absolute Gasteiger partial charge is 0.330 e. The summed E-state index contributed by atoms with van der Waals surface area (Å²) in [6, 6.07) is 0. The van der Waals surface area contributed by atoms with Crippen molar-refractivity contribution < 1.29 is 4.79 Å². The Bertz CT molecular complexity index is 665. The summed E-state index contributed by atoms with van der Waals surface area (Å²) in [7, 11) is 0. The second-order valence-corrected chi connectivity index (χ2v) is 12.2. The summed E-state index contributed by atoms with van der Waals surface area (Å²) in [6.45, 7) is 14.9. The van der Waals surface area contributed by atoms with Crippen molar-refractivity contribution in [1.29, 1.82) is 0 Å². The van der Waals surface area contributed by atoms with Gasteiger partial charge in [0.15, 0.2) is 0 Å². The molecule has 0 radical (unpaired) electrons. The Kier molecular flexibility index (Phi) is 5.71. The summed E-state index contributed by atoms with van der Waals surface area (Å²) < 4.78 is 0. The molecule has 1 N–H and O–H groups in total. The van der Waals surface area contributed by atoms with E-state index in [0.717, 1.165) is 41.9 Å². The average Bonchev–Trinajstić information content (AvgIpc) is 3.00. The molecule has 3 fully saturated rings. The Hall–Kier alpha value is -0.790. The summed E-state index contributed by atoms with van der Waals surface area (Å²) in [4.78, 5) is 12.1. The third-order valence-electron chi connectivity index (χ3n) is 10.1. The van der Waals surface area contributed by atoms with E-state index in [2.05, 4.69) is 52.9 Å². The molecule has 4 aliphatic rings. The van der Waals surface area contributed by atoms with Crippen molar-refractivity contribution >= 4 is 5.91 Å². The number of hydrogen-bond donors (Lipinski definition) is 1. The van der Waals surface area contributed by atoms with Crippen LogP contribution in [0.3, 0.4) is 0 Å². The smallest absolute Gasteiger partial charge is 0.224 e. The topological polar surface area (TPSA) is 29.1 Å². The van der Waals surface area contributed by atoms with Gasteiger partial charge in [0.05, 0.1) is 0 Å². The molecule has 8 atom stereocenters. The van der Waals surface area contributed by atoms with Crippen LogP contribution in [0.4, 0.5) is 0 Å². The molecule has 0 aromatic heterocycles. The Morgan fingerprint density at radius 3 is 2.55 bits per heavy atom. The van der Waals surface area contributed by atoms with E-state index >= 15 is 0 Å². The van der Waals surface area contributed by atoms with Gasteiger partial charge in [-0.15, -0.1) is 0 Å². The number of fused-ring (bicyclic) bond motifs is 5. The van der Waals surface area contributed by atoms with Crippen LogP contribution in [0.1, 0.15) is 99.3 Å². The lowest BCUT2D eigenvalue weighted by atomic mass is 9.46. The normalized spacial score (nSPS) is 45.1. The van der Waals surface area contributed by atoms with Gasteiger partial charge in [-0.2, -0.15) is 0 Å². The fraction of sp³-hybridized carbons (Fsp3) is 0.889. The van der Waals surface area contributed by atoms with Crippen molar-refractivity contribution in [2.45, 2.75) is 99.3 Å². The minimum Gasteiger partial charge on any atom is -0.330 e. The summed E-state index contributed by atoms with van der Waals surface area (Å²) in [6.07, 6.45) is 14.1. The number of carbonyl (C=O) groups excluding carboxylic acids is 1. The quantitative estimate of drug-likeness (QED) is 0.532. The minimum absolute atomic E-state index is 0.202. The molecule has 4 rings (SSSR count). The van der Waals surface area contributed by atoms with Crippen molar-refractivity contribution in [3.8, 4) is 0 Å². The molecule has 0 aromatic rings. The van der Waals surface area contributed by atoms with Gasteiger partial charge in [-0.1, -0.05) is 66.9 Å².